The zero-order valence-electron chi connectivity index (χ0n) is 13.5. The van der Waals surface area contributed by atoms with Gasteiger partial charge in [0.2, 0.25) is 5.91 Å². The Bertz CT molecular complexity index is 717. The molecule has 0 N–H and O–H groups in total. The first-order chi connectivity index (χ1) is 11.2. The summed E-state index contributed by atoms with van der Waals surface area (Å²) in [4.78, 5) is 19.5. The van der Waals surface area contributed by atoms with Crippen LogP contribution in [0.2, 0.25) is 0 Å². The van der Waals surface area contributed by atoms with Gasteiger partial charge in [-0.1, -0.05) is 23.8 Å². The lowest BCUT2D eigenvalue weighted by Gasteiger charge is -2.31. The van der Waals surface area contributed by atoms with E-state index in [4.69, 9.17) is 9.72 Å². The number of carbonyl (C=O) groups excluding carboxylic acids is 1. The van der Waals surface area contributed by atoms with Crippen LogP contribution in [0.25, 0.3) is 10.2 Å². The number of thiazole rings is 1. The summed E-state index contributed by atoms with van der Waals surface area (Å²) in [5, 5.41) is 0.831. The van der Waals surface area contributed by atoms with E-state index in [1.807, 2.05) is 11.0 Å². The van der Waals surface area contributed by atoms with Crippen LogP contribution in [0, 0.1) is 12.8 Å². The third-order valence-electron chi connectivity index (χ3n) is 4.89. The summed E-state index contributed by atoms with van der Waals surface area (Å²) in [6.45, 7) is 3.55. The highest BCUT2D eigenvalue weighted by Crippen LogP contribution is 2.35. The molecule has 4 rings (SSSR count). The van der Waals surface area contributed by atoms with Crippen LogP contribution < -0.4 is 4.90 Å². The highest BCUT2D eigenvalue weighted by molar-refractivity contribution is 7.22. The Kier molecular flexibility index (Phi) is 4.07. The van der Waals surface area contributed by atoms with Crippen molar-refractivity contribution in [3.63, 3.8) is 0 Å². The zero-order valence-corrected chi connectivity index (χ0v) is 14.3. The van der Waals surface area contributed by atoms with Crippen LogP contribution in [0.15, 0.2) is 18.2 Å². The standard InChI is InChI=1S/C18H22N2O2S/c1-12-7-8-15-16(10-12)23-18(19-15)20(11-14-6-3-9-22-14)17(21)13-4-2-5-13/h7-8,10,13-14H,2-6,9,11H2,1H3. The van der Waals surface area contributed by atoms with E-state index in [1.165, 1.54) is 12.0 Å². The molecule has 0 bridgehead atoms. The number of carbonyl (C=O) groups is 1. The first-order valence-corrected chi connectivity index (χ1v) is 9.32. The fourth-order valence-corrected chi connectivity index (χ4v) is 4.34. The number of ether oxygens (including phenoxy) is 1. The van der Waals surface area contributed by atoms with E-state index in [2.05, 4.69) is 19.1 Å². The van der Waals surface area contributed by atoms with Crippen LogP contribution in [0.4, 0.5) is 5.13 Å². The Balaban J connectivity index is 1.65. The van der Waals surface area contributed by atoms with Crippen LogP contribution in [-0.2, 0) is 9.53 Å². The summed E-state index contributed by atoms with van der Waals surface area (Å²) in [7, 11) is 0. The van der Waals surface area contributed by atoms with Crippen LogP contribution in [0.3, 0.4) is 0 Å². The largest absolute Gasteiger partial charge is 0.376 e. The van der Waals surface area contributed by atoms with E-state index < -0.39 is 0 Å². The minimum absolute atomic E-state index is 0.160. The normalized spacial score (nSPS) is 21.5. The van der Waals surface area contributed by atoms with Gasteiger partial charge in [0, 0.05) is 12.5 Å². The van der Waals surface area contributed by atoms with Crippen LogP contribution in [0.1, 0.15) is 37.7 Å². The lowest BCUT2D eigenvalue weighted by atomic mass is 9.84. The Morgan fingerprint density at radius 2 is 2.22 bits per heavy atom. The minimum Gasteiger partial charge on any atom is -0.376 e. The molecule has 1 saturated heterocycles. The van der Waals surface area contributed by atoms with E-state index in [0.717, 1.165) is 47.6 Å². The molecule has 2 heterocycles. The third kappa shape index (κ3) is 3.00. The first-order valence-electron chi connectivity index (χ1n) is 8.51. The smallest absolute Gasteiger partial charge is 0.231 e. The summed E-state index contributed by atoms with van der Waals surface area (Å²) in [6, 6.07) is 6.27. The number of rotatable bonds is 4. The predicted octanol–water partition coefficient (Wildman–Crippen LogP) is 3.92. The number of hydrogen-bond donors (Lipinski definition) is 0. The first kappa shape index (κ1) is 15.1. The molecule has 23 heavy (non-hydrogen) atoms. The average molecular weight is 330 g/mol. The molecular weight excluding hydrogens is 308 g/mol. The van der Waals surface area contributed by atoms with Crippen molar-refractivity contribution in [2.24, 2.45) is 5.92 Å². The monoisotopic (exact) mass is 330 g/mol. The lowest BCUT2D eigenvalue weighted by molar-refractivity contribution is -0.125. The van der Waals surface area contributed by atoms with E-state index >= 15 is 0 Å². The molecule has 1 unspecified atom stereocenters. The van der Waals surface area contributed by atoms with Gasteiger partial charge in [-0.3, -0.25) is 9.69 Å². The van der Waals surface area contributed by atoms with E-state index in [9.17, 15) is 4.79 Å². The van der Waals surface area contributed by atoms with Crippen molar-refractivity contribution in [3.05, 3.63) is 23.8 Å². The number of aromatic nitrogens is 1. The number of benzene rings is 1. The second kappa shape index (κ2) is 6.21. The maximum atomic E-state index is 12.9. The molecule has 0 spiro atoms. The second-order valence-electron chi connectivity index (χ2n) is 6.68. The summed E-state index contributed by atoms with van der Waals surface area (Å²) < 4.78 is 6.91. The van der Waals surface area contributed by atoms with Crippen molar-refractivity contribution in [2.75, 3.05) is 18.1 Å². The van der Waals surface area contributed by atoms with Gasteiger partial charge in [-0.05, 0) is 50.3 Å². The number of aryl methyl sites for hydroxylation is 1. The summed E-state index contributed by atoms with van der Waals surface area (Å²) in [5.74, 6) is 0.424. The zero-order chi connectivity index (χ0) is 15.8. The summed E-state index contributed by atoms with van der Waals surface area (Å²) in [6.07, 6.45) is 5.50. The highest BCUT2D eigenvalue weighted by Gasteiger charge is 2.33. The van der Waals surface area contributed by atoms with Gasteiger partial charge in [0.25, 0.3) is 0 Å². The quantitative estimate of drug-likeness (QED) is 0.853. The average Bonchev–Trinajstić information content (AvgIpc) is 3.11. The van der Waals surface area contributed by atoms with Gasteiger partial charge >= 0.3 is 0 Å². The Hall–Kier alpha value is -1.46. The molecule has 1 atom stereocenters. The highest BCUT2D eigenvalue weighted by atomic mass is 32.1. The van der Waals surface area contributed by atoms with Gasteiger partial charge in [-0.15, -0.1) is 0 Å². The third-order valence-corrected chi connectivity index (χ3v) is 5.94. The van der Waals surface area contributed by atoms with Crippen molar-refractivity contribution in [3.8, 4) is 0 Å². The number of fused-ring (bicyclic) bond motifs is 1. The second-order valence-corrected chi connectivity index (χ2v) is 7.69. The maximum absolute atomic E-state index is 12.9. The molecule has 2 aliphatic rings. The summed E-state index contributed by atoms with van der Waals surface area (Å²) in [5.41, 5.74) is 2.21. The van der Waals surface area contributed by atoms with Crippen molar-refractivity contribution in [2.45, 2.75) is 45.1 Å². The van der Waals surface area contributed by atoms with Crippen LogP contribution >= 0.6 is 11.3 Å². The topological polar surface area (TPSA) is 42.4 Å². The van der Waals surface area contributed by atoms with Crippen molar-refractivity contribution in [1.82, 2.24) is 4.98 Å². The molecular formula is C18H22N2O2S. The van der Waals surface area contributed by atoms with E-state index in [-0.39, 0.29) is 17.9 Å². The SMILES string of the molecule is Cc1ccc2nc(N(CC3CCCO3)C(=O)C3CCC3)sc2c1. The molecule has 5 heteroatoms. The van der Waals surface area contributed by atoms with Gasteiger partial charge < -0.3 is 4.74 Å². The fourth-order valence-electron chi connectivity index (χ4n) is 3.27. The lowest BCUT2D eigenvalue weighted by Crippen LogP contribution is -2.43. The van der Waals surface area contributed by atoms with Crippen molar-refractivity contribution in [1.29, 1.82) is 0 Å². The molecule has 1 aromatic carbocycles. The van der Waals surface area contributed by atoms with Gasteiger partial charge in [0.15, 0.2) is 5.13 Å². The van der Waals surface area contributed by atoms with Crippen LogP contribution in [-0.4, -0.2) is 30.1 Å². The Labute approximate surface area is 140 Å². The van der Waals surface area contributed by atoms with Gasteiger partial charge in [-0.25, -0.2) is 4.98 Å². The van der Waals surface area contributed by atoms with E-state index in [0.29, 0.717) is 6.54 Å². The minimum atomic E-state index is 0.160. The number of hydrogen-bond acceptors (Lipinski definition) is 4. The molecule has 4 nitrogen and oxygen atoms in total. The molecule has 2 fully saturated rings. The molecule has 0 radical (unpaired) electrons. The summed E-state index contributed by atoms with van der Waals surface area (Å²) >= 11 is 1.62. The molecule has 1 aromatic heterocycles. The molecule has 1 aliphatic carbocycles. The Morgan fingerprint density at radius 1 is 1.35 bits per heavy atom. The maximum Gasteiger partial charge on any atom is 0.231 e. The van der Waals surface area contributed by atoms with Gasteiger partial charge in [0.1, 0.15) is 0 Å². The van der Waals surface area contributed by atoms with Crippen LogP contribution in [0.5, 0.6) is 0 Å². The van der Waals surface area contributed by atoms with Gasteiger partial charge in [0.05, 0.1) is 22.9 Å². The molecule has 1 aliphatic heterocycles. The Morgan fingerprint density at radius 3 is 2.91 bits per heavy atom. The van der Waals surface area contributed by atoms with Crippen molar-refractivity contribution < 1.29 is 9.53 Å². The molecule has 1 saturated carbocycles. The fraction of sp³-hybridized carbons (Fsp3) is 0.556. The van der Waals surface area contributed by atoms with Gasteiger partial charge in [-0.2, -0.15) is 0 Å². The number of nitrogens with zero attached hydrogens (tertiary/aromatic N) is 2. The number of amides is 1. The molecule has 122 valence electrons. The van der Waals surface area contributed by atoms with E-state index in [1.54, 1.807) is 11.3 Å². The predicted molar refractivity (Wildman–Crippen MR) is 93.0 cm³/mol. The number of anilines is 1. The molecule has 1 amide bonds. The van der Waals surface area contributed by atoms with Crippen molar-refractivity contribution >= 4 is 32.6 Å². The molecule has 2 aromatic rings.